The van der Waals surface area contributed by atoms with Gasteiger partial charge in [0.25, 0.3) is 0 Å². The fourth-order valence-corrected chi connectivity index (χ4v) is 1.99. The summed E-state index contributed by atoms with van der Waals surface area (Å²) in [5.41, 5.74) is 0.710. The molecule has 1 aromatic carbocycles. The van der Waals surface area contributed by atoms with Crippen molar-refractivity contribution in [3.63, 3.8) is 0 Å². The van der Waals surface area contributed by atoms with E-state index in [4.69, 9.17) is 11.6 Å². The van der Waals surface area contributed by atoms with Gasteiger partial charge in [0.2, 0.25) is 0 Å². The molecule has 0 aliphatic rings. The Labute approximate surface area is 102 Å². The lowest BCUT2D eigenvalue weighted by atomic mass is 9.89. The van der Waals surface area contributed by atoms with Crippen LogP contribution in [0.25, 0.3) is 0 Å². The minimum absolute atomic E-state index is 0.212. The first kappa shape index (κ1) is 13.5. The minimum Gasteiger partial charge on any atom is -0.319 e. The van der Waals surface area contributed by atoms with Crippen LogP contribution in [-0.4, -0.2) is 13.6 Å². The number of rotatable bonds is 5. The van der Waals surface area contributed by atoms with Crippen molar-refractivity contribution >= 4 is 11.6 Å². The van der Waals surface area contributed by atoms with Crippen molar-refractivity contribution in [3.05, 3.63) is 34.6 Å². The molecule has 1 aromatic rings. The maximum Gasteiger partial charge on any atom is 0.144 e. The fourth-order valence-electron chi connectivity index (χ4n) is 1.79. The summed E-state index contributed by atoms with van der Waals surface area (Å²) in [7, 11) is 1.92. The van der Waals surface area contributed by atoms with Crippen LogP contribution in [0, 0.1) is 17.7 Å². The molecule has 1 N–H and O–H groups in total. The largest absolute Gasteiger partial charge is 0.319 e. The van der Waals surface area contributed by atoms with Gasteiger partial charge in [-0.1, -0.05) is 37.6 Å². The molecule has 0 heterocycles. The Balaban J connectivity index is 2.81. The summed E-state index contributed by atoms with van der Waals surface area (Å²) in [4.78, 5) is 0. The van der Waals surface area contributed by atoms with Gasteiger partial charge in [-0.2, -0.15) is 0 Å². The first-order valence-corrected chi connectivity index (χ1v) is 6.01. The Morgan fingerprint density at radius 3 is 2.62 bits per heavy atom. The average molecular weight is 244 g/mol. The summed E-state index contributed by atoms with van der Waals surface area (Å²) in [6.07, 6.45) is 0.727. The van der Waals surface area contributed by atoms with E-state index in [1.54, 1.807) is 12.1 Å². The summed E-state index contributed by atoms with van der Waals surface area (Å²) in [5.74, 6) is 0.676. The van der Waals surface area contributed by atoms with Crippen molar-refractivity contribution in [1.29, 1.82) is 0 Å². The third-order valence-electron chi connectivity index (χ3n) is 2.92. The molecule has 0 saturated heterocycles. The lowest BCUT2D eigenvalue weighted by Crippen LogP contribution is -2.25. The summed E-state index contributed by atoms with van der Waals surface area (Å²) in [5, 5.41) is 3.36. The second-order valence-electron chi connectivity index (χ2n) is 4.48. The Kier molecular flexibility index (Phi) is 5.23. The predicted octanol–water partition coefficient (Wildman–Crippen LogP) is 3.51. The van der Waals surface area contributed by atoms with E-state index in [0.717, 1.165) is 13.0 Å². The molecule has 90 valence electrons. The van der Waals surface area contributed by atoms with Crippen LogP contribution < -0.4 is 5.32 Å². The normalized spacial score (nSPS) is 13.1. The van der Waals surface area contributed by atoms with Crippen LogP contribution in [0.5, 0.6) is 0 Å². The SMILES string of the molecule is CNCC(Cc1cccc(Cl)c1F)C(C)C. The first-order chi connectivity index (χ1) is 7.56. The number of benzene rings is 1. The van der Waals surface area contributed by atoms with Crippen molar-refractivity contribution in [1.82, 2.24) is 5.32 Å². The molecule has 1 nitrogen and oxygen atoms in total. The first-order valence-electron chi connectivity index (χ1n) is 5.63. The van der Waals surface area contributed by atoms with Gasteiger partial charge in [0.05, 0.1) is 5.02 Å². The quantitative estimate of drug-likeness (QED) is 0.835. The van der Waals surface area contributed by atoms with E-state index >= 15 is 0 Å². The number of hydrogen-bond acceptors (Lipinski definition) is 1. The van der Waals surface area contributed by atoms with Crippen LogP contribution in [0.1, 0.15) is 19.4 Å². The summed E-state index contributed by atoms with van der Waals surface area (Å²) >= 11 is 5.76. The highest BCUT2D eigenvalue weighted by Gasteiger charge is 2.16. The summed E-state index contributed by atoms with van der Waals surface area (Å²) < 4.78 is 13.7. The zero-order valence-corrected chi connectivity index (χ0v) is 10.8. The highest BCUT2D eigenvalue weighted by Crippen LogP contribution is 2.23. The molecule has 0 spiro atoms. The van der Waals surface area contributed by atoms with Gasteiger partial charge in [-0.15, -0.1) is 0 Å². The van der Waals surface area contributed by atoms with E-state index < -0.39 is 0 Å². The highest BCUT2D eigenvalue weighted by molar-refractivity contribution is 6.30. The Morgan fingerprint density at radius 2 is 2.06 bits per heavy atom. The number of hydrogen-bond donors (Lipinski definition) is 1. The molecule has 0 amide bonds. The van der Waals surface area contributed by atoms with E-state index in [1.165, 1.54) is 0 Å². The third-order valence-corrected chi connectivity index (χ3v) is 3.21. The molecule has 0 radical (unpaired) electrons. The average Bonchev–Trinajstić information content (AvgIpc) is 2.23. The van der Waals surface area contributed by atoms with Gasteiger partial charge in [-0.3, -0.25) is 0 Å². The lowest BCUT2D eigenvalue weighted by molar-refractivity contribution is 0.366. The Bertz CT molecular complexity index is 339. The zero-order valence-electron chi connectivity index (χ0n) is 10.1. The van der Waals surface area contributed by atoms with Gasteiger partial charge >= 0.3 is 0 Å². The molecule has 16 heavy (non-hydrogen) atoms. The molecular formula is C13H19ClFN. The number of nitrogens with one attached hydrogen (secondary N) is 1. The van der Waals surface area contributed by atoms with Crippen LogP contribution >= 0.6 is 11.6 Å². The van der Waals surface area contributed by atoms with Gasteiger partial charge < -0.3 is 5.32 Å². The molecule has 0 aromatic heterocycles. The second kappa shape index (κ2) is 6.21. The Morgan fingerprint density at radius 1 is 1.38 bits per heavy atom. The Hall–Kier alpha value is -0.600. The van der Waals surface area contributed by atoms with E-state index in [9.17, 15) is 4.39 Å². The van der Waals surface area contributed by atoms with E-state index in [2.05, 4.69) is 19.2 Å². The van der Waals surface area contributed by atoms with Crippen molar-refractivity contribution < 1.29 is 4.39 Å². The fraction of sp³-hybridized carbons (Fsp3) is 0.538. The van der Waals surface area contributed by atoms with Gasteiger partial charge in [0.15, 0.2) is 0 Å². The third kappa shape index (κ3) is 3.46. The van der Waals surface area contributed by atoms with Crippen LogP contribution in [-0.2, 0) is 6.42 Å². The van der Waals surface area contributed by atoms with Crippen molar-refractivity contribution in [2.45, 2.75) is 20.3 Å². The second-order valence-corrected chi connectivity index (χ2v) is 4.89. The standard InChI is InChI=1S/C13H19ClFN/c1-9(2)11(8-16-3)7-10-5-4-6-12(14)13(10)15/h4-6,9,11,16H,7-8H2,1-3H3. The van der Waals surface area contributed by atoms with Crippen molar-refractivity contribution in [2.24, 2.45) is 11.8 Å². The van der Waals surface area contributed by atoms with Crippen molar-refractivity contribution in [3.8, 4) is 0 Å². The molecule has 1 unspecified atom stereocenters. The highest BCUT2D eigenvalue weighted by atomic mass is 35.5. The molecule has 0 bridgehead atoms. The van der Waals surface area contributed by atoms with Crippen molar-refractivity contribution in [2.75, 3.05) is 13.6 Å². The summed E-state index contributed by atoms with van der Waals surface area (Å²) in [6.45, 7) is 5.21. The van der Waals surface area contributed by atoms with Gasteiger partial charge in [-0.05, 0) is 43.5 Å². The molecule has 3 heteroatoms. The van der Waals surface area contributed by atoms with Crippen LogP contribution in [0.4, 0.5) is 4.39 Å². The van der Waals surface area contributed by atoms with Gasteiger partial charge in [0.1, 0.15) is 5.82 Å². The van der Waals surface area contributed by atoms with Crippen LogP contribution in [0.15, 0.2) is 18.2 Å². The topological polar surface area (TPSA) is 12.0 Å². The van der Waals surface area contributed by atoms with Gasteiger partial charge in [-0.25, -0.2) is 4.39 Å². The molecule has 0 fully saturated rings. The molecule has 0 saturated carbocycles. The maximum absolute atomic E-state index is 13.7. The van der Waals surface area contributed by atoms with E-state index in [-0.39, 0.29) is 10.8 Å². The number of halogens is 2. The maximum atomic E-state index is 13.7. The molecule has 0 aliphatic carbocycles. The van der Waals surface area contributed by atoms with E-state index in [1.807, 2.05) is 13.1 Å². The van der Waals surface area contributed by atoms with E-state index in [0.29, 0.717) is 17.4 Å². The zero-order chi connectivity index (χ0) is 12.1. The molecular weight excluding hydrogens is 225 g/mol. The lowest BCUT2D eigenvalue weighted by Gasteiger charge is -2.20. The predicted molar refractivity (Wildman–Crippen MR) is 67.4 cm³/mol. The minimum atomic E-state index is -0.272. The molecule has 0 aliphatic heterocycles. The van der Waals surface area contributed by atoms with Crippen LogP contribution in [0.3, 0.4) is 0 Å². The van der Waals surface area contributed by atoms with Crippen LogP contribution in [0.2, 0.25) is 5.02 Å². The molecule has 1 rings (SSSR count). The molecule has 1 atom stereocenters. The monoisotopic (exact) mass is 243 g/mol. The smallest absolute Gasteiger partial charge is 0.144 e. The van der Waals surface area contributed by atoms with Gasteiger partial charge in [0, 0.05) is 0 Å². The summed E-state index contributed by atoms with van der Waals surface area (Å²) in [6, 6.07) is 5.20.